The lowest BCUT2D eigenvalue weighted by molar-refractivity contribution is -0.136. The Morgan fingerprint density at radius 3 is 2.67 bits per heavy atom. The number of hydrogen-bond acceptors (Lipinski definition) is 5. The molecule has 0 aliphatic carbocycles. The van der Waals surface area contributed by atoms with Crippen LogP contribution in [0.2, 0.25) is 0 Å². The second-order valence-corrected chi connectivity index (χ2v) is 5.19. The molecule has 2 heterocycles. The SMILES string of the molecule is O=C1CCC(N2Cc3cc(B(O)O)ccc3C2=O)C(=O)N1. The molecule has 0 saturated carbocycles. The molecular weight excluding hydrogens is 275 g/mol. The number of nitrogens with zero attached hydrogens (tertiary/aromatic N) is 1. The highest BCUT2D eigenvalue weighted by molar-refractivity contribution is 6.58. The maximum absolute atomic E-state index is 12.3. The van der Waals surface area contributed by atoms with Crippen LogP contribution in [0.25, 0.3) is 0 Å². The van der Waals surface area contributed by atoms with Gasteiger partial charge in [0.05, 0.1) is 0 Å². The van der Waals surface area contributed by atoms with Crippen molar-refractivity contribution in [3.63, 3.8) is 0 Å². The van der Waals surface area contributed by atoms with E-state index in [9.17, 15) is 14.4 Å². The standard InChI is InChI=1S/C13H13BN2O5/c17-11-4-3-10(12(18)15-11)16-6-7-5-8(14(20)21)1-2-9(7)13(16)19/h1-2,5,10,20-21H,3-4,6H2,(H,15,17,18). The van der Waals surface area contributed by atoms with Gasteiger partial charge in [-0.15, -0.1) is 0 Å². The average Bonchev–Trinajstić information content (AvgIpc) is 2.75. The lowest BCUT2D eigenvalue weighted by Gasteiger charge is -2.29. The van der Waals surface area contributed by atoms with Crippen LogP contribution >= 0.6 is 0 Å². The van der Waals surface area contributed by atoms with Gasteiger partial charge in [0.25, 0.3) is 5.91 Å². The van der Waals surface area contributed by atoms with Crippen molar-refractivity contribution in [3.05, 3.63) is 29.3 Å². The molecule has 108 valence electrons. The monoisotopic (exact) mass is 288 g/mol. The molecule has 3 N–H and O–H groups in total. The van der Waals surface area contributed by atoms with Gasteiger partial charge >= 0.3 is 7.12 Å². The molecule has 1 atom stereocenters. The predicted octanol–water partition coefficient (Wildman–Crippen LogP) is -1.87. The summed E-state index contributed by atoms with van der Waals surface area (Å²) in [5, 5.41) is 20.6. The highest BCUT2D eigenvalue weighted by Crippen LogP contribution is 2.26. The molecule has 0 radical (unpaired) electrons. The van der Waals surface area contributed by atoms with E-state index >= 15 is 0 Å². The second-order valence-electron chi connectivity index (χ2n) is 5.19. The molecule has 3 amide bonds. The minimum Gasteiger partial charge on any atom is -0.423 e. The highest BCUT2D eigenvalue weighted by atomic mass is 16.4. The molecule has 7 nitrogen and oxygen atoms in total. The van der Waals surface area contributed by atoms with Crippen LogP contribution in [0.3, 0.4) is 0 Å². The Bertz CT molecular complexity index is 645. The van der Waals surface area contributed by atoms with Gasteiger partial charge in [0.15, 0.2) is 0 Å². The third kappa shape index (κ3) is 2.32. The lowest BCUT2D eigenvalue weighted by atomic mass is 9.79. The van der Waals surface area contributed by atoms with Gasteiger partial charge in [-0.2, -0.15) is 0 Å². The topological polar surface area (TPSA) is 107 Å². The molecule has 1 aromatic carbocycles. The van der Waals surface area contributed by atoms with Crippen molar-refractivity contribution in [2.75, 3.05) is 0 Å². The summed E-state index contributed by atoms with van der Waals surface area (Å²) in [4.78, 5) is 36.8. The predicted molar refractivity (Wildman–Crippen MR) is 72.3 cm³/mol. The Hall–Kier alpha value is -2.19. The second kappa shape index (κ2) is 4.98. The zero-order chi connectivity index (χ0) is 15.1. The normalized spacial score (nSPS) is 21.3. The van der Waals surface area contributed by atoms with Crippen molar-refractivity contribution in [1.82, 2.24) is 10.2 Å². The van der Waals surface area contributed by atoms with E-state index in [0.717, 1.165) is 0 Å². The number of carbonyl (C=O) groups excluding carboxylic acids is 3. The third-order valence-electron chi connectivity index (χ3n) is 3.85. The maximum Gasteiger partial charge on any atom is 0.488 e. The van der Waals surface area contributed by atoms with Crippen LogP contribution in [0.5, 0.6) is 0 Å². The van der Waals surface area contributed by atoms with E-state index < -0.39 is 19.1 Å². The van der Waals surface area contributed by atoms with E-state index in [1.807, 2.05) is 0 Å². The van der Waals surface area contributed by atoms with Crippen molar-refractivity contribution in [2.24, 2.45) is 0 Å². The molecule has 1 aromatic rings. The van der Waals surface area contributed by atoms with Crippen molar-refractivity contribution < 1.29 is 24.4 Å². The van der Waals surface area contributed by atoms with Crippen LogP contribution < -0.4 is 10.8 Å². The fraction of sp³-hybridized carbons (Fsp3) is 0.308. The molecule has 0 spiro atoms. The Balaban J connectivity index is 1.86. The van der Waals surface area contributed by atoms with E-state index in [2.05, 4.69) is 5.32 Å². The van der Waals surface area contributed by atoms with Gasteiger partial charge in [-0.25, -0.2) is 0 Å². The van der Waals surface area contributed by atoms with Gasteiger partial charge in [-0.05, 0) is 23.5 Å². The molecule has 2 aliphatic heterocycles. The number of carbonyl (C=O) groups is 3. The third-order valence-corrected chi connectivity index (χ3v) is 3.85. The van der Waals surface area contributed by atoms with E-state index in [4.69, 9.17) is 10.0 Å². The summed E-state index contributed by atoms with van der Waals surface area (Å²) in [6.45, 7) is 0.223. The van der Waals surface area contributed by atoms with E-state index in [1.54, 1.807) is 6.07 Å². The van der Waals surface area contributed by atoms with Crippen molar-refractivity contribution in [1.29, 1.82) is 0 Å². The number of piperidine rings is 1. The first-order valence-electron chi connectivity index (χ1n) is 6.61. The number of nitrogens with one attached hydrogen (secondary N) is 1. The Kier molecular flexibility index (Phi) is 3.27. The first-order valence-corrected chi connectivity index (χ1v) is 6.61. The zero-order valence-corrected chi connectivity index (χ0v) is 11.1. The number of rotatable bonds is 2. The molecule has 8 heteroatoms. The first-order chi connectivity index (χ1) is 9.97. The lowest BCUT2D eigenvalue weighted by Crippen LogP contribution is -2.52. The summed E-state index contributed by atoms with van der Waals surface area (Å²) >= 11 is 0. The molecule has 0 aromatic heterocycles. The van der Waals surface area contributed by atoms with Crippen molar-refractivity contribution >= 4 is 30.3 Å². The van der Waals surface area contributed by atoms with Gasteiger partial charge in [0.1, 0.15) is 6.04 Å². The molecule has 2 aliphatic rings. The summed E-state index contributed by atoms with van der Waals surface area (Å²) in [5.41, 5.74) is 1.39. The maximum atomic E-state index is 12.3. The number of benzene rings is 1. The number of imide groups is 1. The molecular formula is C13H13BN2O5. The van der Waals surface area contributed by atoms with Gasteiger partial charge < -0.3 is 14.9 Å². The Morgan fingerprint density at radius 1 is 1.24 bits per heavy atom. The summed E-state index contributed by atoms with van der Waals surface area (Å²) in [5.74, 6) is -1.07. The van der Waals surface area contributed by atoms with Gasteiger partial charge in [-0.3, -0.25) is 19.7 Å². The smallest absolute Gasteiger partial charge is 0.423 e. The molecule has 1 saturated heterocycles. The molecule has 21 heavy (non-hydrogen) atoms. The largest absolute Gasteiger partial charge is 0.488 e. The van der Waals surface area contributed by atoms with Crippen LogP contribution in [0, 0.1) is 0 Å². The van der Waals surface area contributed by atoms with Gasteiger partial charge in [0, 0.05) is 18.5 Å². The van der Waals surface area contributed by atoms with Crippen LogP contribution in [-0.2, 0) is 16.1 Å². The number of fused-ring (bicyclic) bond motifs is 1. The van der Waals surface area contributed by atoms with Crippen LogP contribution in [0.1, 0.15) is 28.8 Å². The summed E-state index contributed by atoms with van der Waals surface area (Å²) in [6, 6.07) is 3.88. The fourth-order valence-electron chi connectivity index (χ4n) is 2.75. The Labute approximate surface area is 120 Å². The summed E-state index contributed by atoms with van der Waals surface area (Å²) in [6.07, 6.45) is 0.511. The van der Waals surface area contributed by atoms with Crippen LogP contribution in [-0.4, -0.2) is 45.8 Å². The minimum atomic E-state index is -1.60. The van der Waals surface area contributed by atoms with Gasteiger partial charge in [-0.1, -0.05) is 12.1 Å². The summed E-state index contributed by atoms with van der Waals surface area (Å²) < 4.78 is 0. The molecule has 1 fully saturated rings. The summed E-state index contributed by atoms with van der Waals surface area (Å²) in [7, 11) is -1.60. The van der Waals surface area contributed by atoms with Crippen molar-refractivity contribution in [2.45, 2.75) is 25.4 Å². The quantitative estimate of drug-likeness (QED) is 0.436. The first kappa shape index (κ1) is 13.8. The van der Waals surface area contributed by atoms with E-state index in [0.29, 0.717) is 23.0 Å². The van der Waals surface area contributed by atoms with Crippen LogP contribution in [0.4, 0.5) is 0 Å². The van der Waals surface area contributed by atoms with Gasteiger partial charge in [0.2, 0.25) is 11.8 Å². The average molecular weight is 288 g/mol. The van der Waals surface area contributed by atoms with Crippen LogP contribution in [0.15, 0.2) is 18.2 Å². The molecule has 3 rings (SSSR count). The molecule has 1 unspecified atom stereocenters. The van der Waals surface area contributed by atoms with E-state index in [-0.39, 0.29) is 24.8 Å². The zero-order valence-electron chi connectivity index (χ0n) is 11.1. The van der Waals surface area contributed by atoms with E-state index in [1.165, 1.54) is 17.0 Å². The number of amides is 3. The number of hydrogen-bond donors (Lipinski definition) is 3. The minimum absolute atomic E-state index is 0.205. The molecule has 0 bridgehead atoms. The highest BCUT2D eigenvalue weighted by Gasteiger charge is 2.39. The Morgan fingerprint density at radius 2 is 2.00 bits per heavy atom. The van der Waals surface area contributed by atoms with Crippen molar-refractivity contribution in [3.8, 4) is 0 Å². The fourth-order valence-corrected chi connectivity index (χ4v) is 2.75.